The number of hydrogen-bond acceptors (Lipinski definition) is 2. The summed E-state index contributed by atoms with van der Waals surface area (Å²) in [6.07, 6.45) is 0. The summed E-state index contributed by atoms with van der Waals surface area (Å²) in [6, 6.07) is 10.2. The molecule has 0 saturated carbocycles. The van der Waals surface area contributed by atoms with E-state index in [1.54, 1.807) is 0 Å². The third kappa shape index (κ3) is 1.95. The Labute approximate surface area is 89.7 Å². The summed E-state index contributed by atoms with van der Waals surface area (Å²) < 4.78 is 5.61. The molecule has 0 radical (unpaired) electrons. The van der Waals surface area contributed by atoms with Crippen molar-refractivity contribution in [3.8, 4) is 11.3 Å². The fourth-order valence-electron chi connectivity index (χ4n) is 1.72. The molecule has 0 aliphatic heterocycles. The first kappa shape index (κ1) is 9.99. The third-order valence-electron chi connectivity index (χ3n) is 2.51. The van der Waals surface area contributed by atoms with Crippen LogP contribution in [0.1, 0.15) is 16.9 Å². The first-order chi connectivity index (χ1) is 7.20. The van der Waals surface area contributed by atoms with Crippen LogP contribution < -0.4 is 5.73 Å². The highest BCUT2D eigenvalue weighted by atomic mass is 16.3. The molecule has 0 aliphatic rings. The molecule has 1 aromatic carbocycles. The van der Waals surface area contributed by atoms with E-state index >= 15 is 0 Å². The second kappa shape index (κ2) is 3.91. The van der Waals surface area contributed by atoms with Gasteiger partial charge >= 0.3 is 0 Å². The summed E-state index contributed by atoms with van der Waals surface area (Å²) in [7, 11) is 0. The number of rotatable bonds is 2. The van der Waals surface area contributed by atoms with Gasteiger partial charge in [0.15, 0.2) is 0 Å². The topological polar surface area (TPSA) is 39.2 Å². The van der Waals surface area contributed by atoms with Crippen LogP contribution in [0.15, 0.2) is 34.7 Å². The summed E-state index contributed by atoms with van der Waals surface area (Å²) in [6.45, 7) is 4.63. The maximum absolute atomic E-state index is 5.61. The van der Waals surface area contributed by atoms with Crippen molar-refractivity contribution in [2.75, 3.05) is 0 Å². The molecule has 0 bridgehead atoms. The van der Waals surface area contributed by atoms with E-state index in [1.807, 2.05) is 12.1 Å². The van der Waals surface area contributed by atoms with E-state index in [9.17, 15) is 0 Å². The van der Waals surface area contributed by atoms with Crippen molar-refractivity contribution < 1.29 is 4.42 Å². The molecule has 1 heterocycles. The van der Waals surface area contributed by atoms with Crippen molar-refractivity contribution in [2.45, 2.75) is 20.4 Å². The summed E-state index contributed by atoms with van der Waals surface area (Å²) in [4.78, 5) is 0. The Hall–Kier alpha value is -1.54. The second-order valence-corrected chi connectivity index (χ2v) is 3.79. The SMILES string of the molecule is Cc1ccc(-c2ccc(CN)o2)c(C)c1. The van der Waals surface area contributed by atoms with Gasteiger partial charge in [-0.15, -0.1) is 0 Å². The van der Waals surface area contributed by atoms with Gasteiger partial charge in [-0.1, -0.05) is 23.8 Å². The predicted octanol–water partition coefficient (Wildman–Crippen LogP) is 3.02. The van der Waals surface area contributed by atoms with Crippen molar-refractivity contribution in [2.24, 2.45) is 5.73 Å². The molecule has 0 amide bonds. The minimum atomic E-state index is 0.449. The molecule has 2 N–H and O–H groups in total. The Kier molecular flexibility index (Phi) is 2.60. The molecule has 0 unspecified atom stereocenters. The van der Waals surface area contributed by atoms with Crippen LogP contribution in [-0.4, -0.2) is 0 Å². The second-order valence-electron chi connectivity index (χ2n) is 3.79. The average molecular weight is 201 g/mol. The van der Waals surface area contributed by atoms with Gasteiger partial charge in [-0.2, -0.15) is 0 Å². The number of aryl methyl sites for hydroxylation is 2. The van der Waals surface area contributed by atoms with Crippen molar-refractivity contribution in [1.29, 1.82) is 0 Å². The molecule has 78 valence electrons. The van der Waals surface area contributed by atoms with Crippen molar-refractivity contribution in [3.05, 3.63) is 47.2 Å². The van der Waals surface area contributed by atoms with Gasteiger partial charge in [0.05, 0.1) is 6.54 Å². The van der Waals surface area contributed by atoms with E-state index in [-0.39, 0.29) is 0 Å². The maximum Gasteiger partial charge on any atom is 0.134 e. The molecule has 0 spiro atoms. The number of hydrogen-bond donors (Lipinski definition) is 1. The molecule has 15 heavy (non-hydrogen) atoms. The van der Waals surface area contributed by atoms with Crippen LogP contribution in [0.2, 0.25) is 0 Å². The fourth-order valence-corrected chi connectivity index (χ4v) is 1.72. The Morgan fingerprint density at radius 3 is 2.53 bits per heavy atom. The standard InChI is InChI=1S/C13H15NO/c1-9-3-5-12(10(2)7-9)13-6-4-11(8-14)15-13/h3-7H,8,14H2,1-2H3. The van der Waals surface area contributed by atoms with Gasteiger partial charge in [0.1, 0.15) is 11.5 Å². The van der Waals surface area contributed by atoms with Crippen LogP contribution in [0.5, 0.6) is 0 Å². The van der Waals surface area contributed by atoms with Gasteiger partial charge in [0.25, 0.3) is 0 Å². The lowest BCUT2D eigenvalue weighted by atomic mass is 10.0. The van der Waals surface area contributed by atoms with Gasteiger partial charge in [0, 0.05) is 5.56 Å². The van der Waals surface area contributed by atoms with E-state index in [4.69, 9.17) is 10.2 Å². The van der Waals surface area contributed by atoms with Crippen LogP contribution >= 0.6 is 0 Å². The third-order valence-corrected chi connectivity index (χ3v) is 2.51. The smallest absolute Gasteiger partial charge is 0.134 e. The van der Waals surface area contributed by atoms with E-state index < -0.39 is 0 Å². The lowest BCUT2D eigenvalue weighted by molar-refractivity contribution is 0.525. The monoisotopic (exact) mass is 201 g/mol. The van der Waals surface area contributed by atoms with Crippen LogP contribution in [0.25, 0.3) is 11.3 Å². The minimum absolute atomic E-state index is 0.449. The Morgan fingerprint density at radius 2 is 1.93 bits per heavy atom. The molecule has 0 atom stereocenters. The van der Waals surface area contributed by atoms with Crippen molar-refractivity contribution in [3.63, 3.8) is 0 Å². The minimum Gasteiger partial charge on any atom is -0.460 e. The van der Waals surface area contributed by atoms with Crippen LogP contribution in [-0.2, 0) is 6.54 Å². The largest absolute Gasteiger partial charge is 0.460 e. The summed E-state index contributed by atoms with van der Waals surface area (Å²) >= 11 is 0. The van der Waals surface area contributed by atoms with E-state index in [0.717, 1.165) is 17.1 Å². The highest BCUT2D eigenvalue weighted by Crippen LogP contribution is 2.25. The van der Waals surface area contributed by atoms with Gasteiger partial charge in [-0.05, 0) is 31.5 Å². The average Bonchev–Trinajstić information content (AvgIpc) is 2.66. The van der Waals surface area contributed by atoms with E-state index in [1.165, 1.54) is 11.1 Å². The zero-order chi connectivity index (χ0) is 10.8. The van der Waals surface area contributed by atoms with Crippen LogP contribution in [0.4, 0.5) is 0 Å². The molecule has 0 aliphatic carbocycles. The van der Waals surface area contributed by atoms with Gasteiger partial charge in [0.2, 0.25) is 0 Å². The highest BCUT2D eigenvalue weighted by molar-refractivity contribution is 5.62. The molecule has 2 heteroatoms. The zero-order valence-corrected chi connectivity index (χ0v) is 9.08. The number of benzene rings is 1. The molecule has 2 aromatic rings. The Bertz CT molecular complexity index is 471. The number of furan rings is 1. The van der Waals surface area contributed by atoms with Gasteiger partial charge < -0.3 is 10.2 Å². The molecule has 2 nitrogen and oxygen atoms in total. The van der Waals surface area contributed by atoms with Crippen molar-refractivity contribution >= 4 is 0 Å². The molecule has 2 rings (SSSR count). The summed E-state index contributed by atoms with van der Waals surface area (Å²) in [5, 5.41) is 0. The molecule has 0 fully saturated rings. The number of nitrogens with two attached hydrogens (primary N) is 1. The Morgan fingerprint density at radius 1 is 1.13 bits per heavy atom. The predicted molar refractivity (Wildman–Crippen MR) is 61.5 cm³/mol. The van der Waals surface area contributed by atoms with Gasteiger partial charge in [-0.25, -0.2) is 0 Å². The first-order valence-electron chi connectivity index (χ1n) is 5.07. The summed E-state index contributed by atoms with van der Waals surface area (Å²) in [5.41, 5.74) is 9.14. The Balaban J connectivity index is 2.44. The first-order valence-corrected chi connectivity index (χ1v) is 5.07. The maximum atomic E-state index is 5.61. The van der Waals surface area contributed by atoms with Gasteiger partial charge in [-0.3, -0.25) is 0 Å². The molecule has 0 saturated heterocycles. The molecule has 1 aromatic heterocycles. The fraction of sp³-hybridized carbons (Fsp3) is 0.231. The highest BCUT2D eigenvalue weighted by Gasteiger charge is 2.06. The van der Waals surface area contributed by atoms with E-state index in [2.05, 4.69) is 32.0 Å². The van der Waals surface area contributed by atoms with E-state index in [0.29, 0.717) is 6.54 Å². The molecular weight excluding hydrogens is 186 g/mol. The van der Waals surface area contributed by atoms with Crippen LogP contribution in [0.3, 0.4) is 0 Å². The van der Waals surface area contributed by atoms with Crippen molar-refractivity contribution in [1.82, 2.24) is 0 Å². The zero-order valence-electron chi connectivity index (χ0n) is 9.08. The quantitative estimate of drug-likeness (QED) is 0.811. The lowest BCUT2D eigenvalue weighted by Gasteiger charge is -2.03. The summed E-state index contributed by atoms with van der Waals surface area (Å²) in [5.74, 6) is 1.72. The molecular formula is C13H15NO. The normalized spacial score (nSPS) is 10.6. The lowest BCUT2D eigenvalue weighted by Crippen LogP contribution is -1.92. The van der Waals surface area contributed by atoms with Crippen LogP contribution in [0, 0.1) is 13.8 Å².